The van der Waals surface area contributed by atoms with E-state index in [0.717, 1.165) is 0 Å². The van der Waals surface area contributed by atoms with E-state index in [2.05, 4.69) is 135 Å². The summed E-state index contributed by atoms with van der Waals surface area (Å²) in [6.07, 6.45) is 3.75. The van der Waals surface area contributed by atoms with Gasteiger partial charge in [0.05, 0.1) is 0 Å². The normalized spacial score (nSPS) is 12.4. The Labute approximate surface area is 240 Å². The molecule has 0 saturated carbocycles. The smallest absolute Gasteiger partial charge is 0.0157 e. The van der Waals surface area contributed by atoms with Crippen molar-refractivity contribution in [3.05, 3.63) is 117 Å². The van der Waals surface area contributed by atoms with Crippen LogP contribution in [0.4, 0.5) is 0 Å². The predicted molar refractivity (Wildman–Crippen MR) is 180 cm³/mol. The van der Waals surface area contributed by atoms with Crippen LogP contribution in [0.1, 0.15) is 64.3 Å². The molecule has 0 aliphatic carbocycles. The van der Waals surface area contributed by atoms with Crippen molar-refractivity contribution < 1.29 is 0 Å². The Morgan fingerprint density at radius 2 is 0.718 bits per heavy atom. The molecule has 0 N–H and O–H groups in total. The molecule has 39 heavy (non-hydrogen) atoms. The second kappa shape index (κ2) is 12.9. The summed E-state index contributed by atoms with van der Waals surface area (Å²) in [7, 11) is -0.817. The van der Waals surface area contributed by atoms with Gasteiger partial charge >= 0.3 is 0 Å². The van der Waals surface area contributed by atoms with Gasteiger partial charge in [0.1, 0.15) is 0 Å². The standard InChI is InChI=1S/C37H46P2/c1-25-13-26(2)18-34(17-25)38(35-19-27(3)14-28(4)20-35)12-10-11-33(9)39(36-21-29(5)15-30(6)22-36)37-23-31(7)16-32(8)24-37/h13-24,33H,10-12H2,1-9H3. The summed E-state index contributed by atoms with van der Waals surface area (Å²) < 4.78 is 0. The van der Waals surface area contributed by atoms with Crippen molar-refractivity contribution in [3.63, 3.8) is 0 Å². The Kier molecular flexibility index (Phi) is 9.86. The molecule has 2 heteroatoms. The van der Waals surface area contributed by atoms with Crippen molar-refractivity contribution in [3.8, 4) is 0 Å². The molecule has 0 spiro atoms. The van der Waals surface area contributed by atoms with E-state index in [1.807, 2.05) is 0 Å². The Morgan fingerprint density at radius 3 is 1.03 bits per heavy atom. The zero-order chi connectivity index (χ0) is 28.3. The van der Waals surface area contributed by atoms with Crippen molar-refractivity contribution in [1.29, 1.82) is 0 Å². The SMILES string of the molecule is Cc1cc(C)cc(P(CCCC(C)P(c2cc(C)cc(C)c2)c2cc(C)cc(C)c2)c2cc(C)cc(C)c2)c1. The van der Waals surface area contributed by atoms with Crippen LogP contribution in [0.2, 0.25) is 0 Å². The van der Waals surface area contributed by atoms with E-state index < -0.39 is 7.92 Å². The van der Waals surface area contributed by atoms with Gasteiger partial charge in [0.2, 0.25) is 0 Å². The predicted octanol–water partition coefficient (Wildman–Crippen LogP) is 8.89. The number of aryl methyl sites for hydroxylation is 8. The molecule has 0 amide bonds. The fourth-order valence-corrected chi connectivity index (χ4v) is 12.0. The maximum Gasteiger partial charge on any atom is -0.0157 e. The fraction of sp³-hybridized carbons (Fsp3) is 0.351. The number of benzene rings is 4. The lowest BCUT2D eigenvalue weighted by Crippen LogP contribution is -2.22. The molecule has 0 saturated heterocycles. The Balaban J connectivity index is 1.64. The quantitative estimate of drug-likeness (QED) is 0.182. The second-order valence-electron chi connectivity index (χ2n) is 11.9. The summed E-state index contributed by atoms with van der Waals surface area (Å²) in [6, 6.07) is 28.8. The van der Waals surface area contributed by atoms with Crippen LogP contribution in [-0.2, 0) is 0 Å². The summed E-state index contributed by atoms with van der Waals surface area (Å²) in [5, 5.41) is 6.13. The Hall–Kier alpha value is -2.26. The van der Waals surface area contributed by atoms with Crippen molar-refractivity contribution in [2.45, 2.75) is 80.8 Å². The third-order valence-electron chi connectivity index (χ3n) is 7.45. The molecule has 0 fully saturated rings. The molecule has 0 radical (unpaired) electrons. The molecule has 0 aromatic heterocycles. The van der Waals surface area contributed by atoms with Crippen LogP contribution in [0.3, 0.4) is 0 Å². The highest BCUT2D eigenvalue weighted by atomic mass is 31.1. The third kappa shape index (κ3) is 7.91. The maximum atomic E-state index is 2.51. The summed E-state index contributed by atoms with van der Waals surface area (Å²) in [6.45, 7) is 20.5. The van der Waals surface area contributed by atoms with Gasteiger partial charge in [-0.05, 0) is 117 Å². The minimum absolute atomic E-state index is 0.388. The highest BCUT2D eigenvalue weighted by Crippen LogP contribution is 2.44. The first-order valence-corrected chi connectivity index (χ1v) is 17.3. The van der Waals surface area contributed by atoms with Gasteiger partial charge in [0.25, 0.3) is 0 Å². The number of rotatable bonds is 9. The van der Waals surface area contributed by atoms with Crippen LogP contribution in [0, 0.1) is 55.4 Å². The minimum atomic E-state index is -0.430. The van der Waals surface area contributed by atoms with E-state index in [9.17, 15) is 0 Å². The van der Waals surface area contributed by atoms with Crippen LogP contribution in [0.15, 0.2) is 72.8 Å². The van der Waals surface area contributed by atoms with E-state index in [-0.39, 0.29) is 7.92 Å². The van der Waals surface area contributed by atoms with Crippen molar-refractivity contribution in [2.75, 3.05) is 6.16 Å². The van der Waals surface area contributed by atoms with Gasteiger partial charge < -0.3 is 0 Å². The van der Waals surface area contributed by atoms with Crippen LogP contribution in [-0.4, -0.2) is 11.8 Å². The fourth-order valence-electron chi connectivity index (χ4n) is 6.13. The van der Waals surface area contributed by atoms with Gasteiger partial charge in [-0.3, -0.25) is 0 Å². The molecule has 1 atom stereocenters. The summed E-state index contributed by atoms with van der Waals surface area (Å²) in [4.78, 5) is 0. The third-order valence-corrected chi connectivity index (χ3v) is 12.7. The highest BCUT2D eigenvalue weighted by Gasteiger charge is 2.23. The topological polar surface area (TPSA) is 0 Å². The molecular weight excluding hydrogens is 506 g/mol. The lowest BCUT2D eigenvalue weighted by Gasteiger charge is -2.28. The average molecular weight is 553 g/mol. The van der Waals surface area contributed by atoms with Gasteiger partial charge in [0.15, 0.2) is 0 Å². The monoisotopic (exact) mass is 552 g/mol. The molecule has 4 aromatic carbocycles. The van der Waals surface area contributed by atoms with E-state index >= 15 is 0 Å². The van der Waals surface area contributed by atoms with Gasteiger partial charge in [-0.15, -0.1) is 0 Å². The van der Waals surface area contributed by atoms with E-state index in [1.165, 1.54) is 84.7 Å². The van der Waals surface area contributed by atoms with Crippen molar-refractivity contribution in [2.24, 2.45) is 0 Å². The zero-order valence-corrected chi connectivity index (χ0v) is 27.3. The molecular formula is C37H46P2. The largest absolute Gasteiger partial charge is 0.0579 e. The van der Waals surface area contributed by atoms with E-state index in [1.54, 1.807) is 0 Å². The van der Waals surface area contributed by atoms with Crippen LogP contribution in [0.5, 0.6) is 0 Å². The highest BCUT2D eigenvalue weighted by molar-refractivity contribution is 7.73. The molecule has 0 bridgehead atoms. The Morgan fingerprint density at radius 1 is 0.436 bits per heavy atom. The first kappa shape index (κ1) is 29.7. The van der Waals surface area contributed by atoms with Crippen LogP contribution < -0.4 is 21.2 Å². The molecule has 0 heterocycles. The first-order valence-electron chi connectivity index (χ1n) is 14.4. The second-order valence-corrected chi connectivity index (χ2v) is 16.9. The van der Waals surface area contributed by atoms with Crippen LogP contribution >= 0.6 is 15.8 Å². The minimum Gasteiger partial charge on any atom is -0.0579 e. The first-order chi connectivity index (χ1) is 18.5. The molecule has 0 nitrogen and oxygen atoms in total. The summed E-state index contributed by atoms with van der Waals surface area (Å²) in [5.74, 6) is 0. The molecule has 0 aliphatic heterocycles. The number of hydrogen-bond acceptors (Lipinski definition) is 0. The maximum absolute atomic E-state index is 2.51. The molecule has 204 valence electrons. The van der Waals surface area contributed by atoms with E-state index in [4.69, 9.17) is 0 Å². The lowest BCUT2D eigenvalue weighted by atomic mass is 10.2. The number of hydrogen-bond donors (Lipinski definition) is 0. The van der Waals surface area contributed by atoms with Gasteiger partial charge in [-0.1, -0.05) is 124 Å². The Bertz CT molecular complexity index is 1260. The molecule has 0 aliphatic rings. The lowest BCUT2D eigenvalue weighted by molar-refractivity contribution is 0.787. The van der Waals surface area contributed by atoms with Gasteiger partial charge in [-0.2, -0.15) is 0 Å². The molecule has 1 unspecified atom stereocenters. The van der Waals surface area contributed by atoms with Gasteiger partial charge in [0, 0.05) is 0 Å². The zero-order valence-electron chi connectivity index (χ0n) is 25.5. The van der Waals surface area contributed by atoms with Crippen LogP contribution in [0.25, 0.3) is 0 Å². The summed E-state index contributed by atoms with van der Waals surface area (Å²) in [5.41, 5.74) is 11.6. The van der Waals surface area contributed by atoms with Crippen molar-refractivity contribution in [1.82, 2.24) is 0 Å². The summed E-state index contributed by atoms with van der Waals surface area (Å²) >= 11 is 0. The molecule has 4 aromatic rings. The van der Waals surface area contributed by atoms with E-state index in [0.29, 0.717) is 5.66 Å². The van der Waals surface area contributed by atoms with Crippen molar-refractivity contribution >= 4 is 37.1 Å². The molecule has 4 rings (SSSR count). The average Bonchev–Trinajstić information content (AvgIpc) is 2.79. The van der Waals surface area contributed by atoms with Gasteiger partial charge in [-0.25, -0.2) is 0 Å².